The summed E-state index contributed by atoms with van der Waals surface area (Å²) in [5.41, 5.74) is 2.30. The molecule has 0 saturated carbocycles. The van der Waals surface area contributed by atoms with E-state index < -0.39 is 0 Å². The molecule has 2 N–H and O–H groups in total. The van der Waals surface area contributed by atoms with Crippen LogP contribution in [0.3, 0.4) is 0 Å². The number of hydrogen-bond donors (Lipinski definition) is 2. The van der Waals surface area contributed by atoms with Crippen LogP contribution in [-0.4, -0.2) is 50.9 Å². The third kappa shape index (κ3) is 5.18. The molecule has 0 spiro atoms. The molecule has 1 saturated heterocycles. The molecule has 1 aliphatic heterocycles. The SMILES string of the molecule is COCCNC(=O)NCC1CCN(c2ccnc(C)c2)CC1. The van der Waals surface area contributed by atoms with Gasteiger partial charge in [0.15, 0.2) is 0 Å². The van der Waals surface area contributed by atoms with Crippen LogP contribution in [0.15, 0.2) is 18.3 Å². The number of pyridine rings is 1. The van der Waals surface area contributed by atoms with Crippen molar-refractivity contribution in [3.05, 3.63) is 24.0 Å². The van der Waals surface area contributed by atoms with Gasteiger partial charge < -0.3 is 20.3 Å². The van der Waals surface area contributed by atoms with Crippen molar-refractivity contribution in [1.82, 2.24) is 15.6 Å². The first-order valence-electron chi connectivity index (χ1n) is 7.87. The first-order chi connectivity index (χ1) is 10.7. The van der Waals surface area contributed by atoms with Crippen LogP contribution >= 0.6 is 0 Å². The average molecular weight is 306 g/mol. The topological polar surface area (TPSA) is 66.5 Å². The van der Waals surface area contributed by atoms with Crippen molar-refractivity contribution in [2.75, 3.05) is 44.8 Å². The number of nitrogens with one attached hydrogen (secondary N) is 2. The number of hydrogen-bond acceptors (Lipinski definition) is 4. The summed E-state index contributed by atoms with van der Waals surface area (Å²) in [4.78, 5) is 18.2. The zero-order valence-corrected chi connectivity index (χ0v) is 13.5. The molecule has 0 radical (unpaired) electrons. The maximum absolute atomic E-state index is 11.6. The van der Waals surface area contributed by atoms with Gasteiger partial charge in [-0.25, -0.2) is 4.79 Å². The van der Waals surface area contributed by atoms with Crippen LogP contribution in [0.1, 0.15) is 18.5 Å². The second kappa shape index (κ2) is 8.58. The first kappa shape index (κ1) is 16.5. The van der Waals surface area contributed by atoms with Gasteiger partial charge in [0, 0.05) is 50.9 Å². The number of carbonyl (C=O) groups is 1. The van der Waals surface area contributed by atoms with Crippen LogP contribution in [0.4, 0.5) is 10.5 Å². The molecule has 1 aliphatic rings. The highest BCUT2D eigenvalue weighted by Crippen LogP contribution is 2.22. The van der Waals surface area contributed by atoms with E-state index in [0.29, 0.717) is 19.1 Å². The quantitative estimate of drug-likeness (QED) is 0.783. The van der Waals surface area contributed by atoms with Crippen molar-refractivity contribution in [2.24, 2.45) is 5.92 Å². The summed E-state index contributed by atoms with van der Waals surface area (Å²) in [6, 6.07) is 4.08. The average Bonchev–Trinajstić information content (AvgIpc) is 2.54. The van der Waals surface area contributed by atoms with Crippen molar-refractivity contribution in [2.45, 2.75) is 19.8 Å². The third-order valence-electron chi connectivity index (χ3n) is 4.00. The zero-order valence-electron chi connectivity index (χ0n) is 13.5. The van der Waals surface area contributed by atoms with E-state index in [0.717, 1.165) is 38.2 Å². The van der Waals surface area contributed by atoms with E-state index in [9.17, 15) is 4.79 Å². The van der Waals surface area contributed by atoms with Crippen LogP contribution in [0, 0.1) is 12.8 Å². The van der Waals surface area contributed by atoms with Crippen molar-refractivity contribution in [3.8, 4) is 0 Å². The maximum atomic E-state index is 11.6. The summed E-state index contributed by atoms with van der Waals surface area (Å²) in [7, 11) is 1.62. The van der Waals surface area contributed by atoms with E-state index in [4.69, 9.17) is 4.74 Å². The fraction of sp³-hybridized carbons (Fsp3) is 0.625. The highest BCUT2D eigenvalue weighted by atomic mass is 16.5. The van der Waals surface area contributed by atoms with Crippen LogP contribution in [0.25, 0.3) is 0 Å². The molecule has 2 rings (SSSR count). The van der Waals surface area contributed by atoms with Gasteiger partial charge in [-0.1, -0.05) is 0 Å². The van der Waals surface area contributed by atoms with E-state index in [1.54, 1.807) is 7.11 Å². The van der Waals surface area contributed by atoms with E-state index in [1.807, 2.05) is 13.1 Å². The van der Waals surface area contributed by atoms with Gasteiger partial charge in [-0.2, -0.15) is 0 Å². The molecule has 0 aliphatic carbocycles. The molecule has 0 unspecified atom stereocenters. The van der Waals surface area contributed by atoms with Gasteiger partial charge in [0.05, 0.1) is 6.61 Å². The Hall–Kier alpha value is -1.82. The Morgan fingerprint density at radius 3 is 2.86 bits per heavy atom. The number of nitrogens with zero attached hydrogens (tertiary/aromatic N) is 2. The number of rotatable bonds is 6. The highest BCUT2D eigenvalue weighted by Gasteiger charge is 2.20. The Balaban J connectivity index is 1.68. The normalized spacial score (nSPS) is 15.6. The Morgan fingerprint density at radius 2 is 2.18 bits per heavy atom. The maximum Gasteiger partial charge on any atom is 0.314 e. The van der Waals surface area contributed by atoms with Crippen LogP contribution in [0.2, 0.25) is 0 Å². The molecular weight excluding hydrogens is 280 g/mol. The van der Waals surface area contributed by atoms with Crippen LogP contribution in [-0.2, 0) is 4.74 Å². The Morgan fingerprint density at radius 1 is 1.41 bits per heavy atom. The summed E-state index contributed by atoms with van der Waals surface area (Å²) in [6.07, 6.45) is 4.06. The lowest BCUT2D eigenvalue weighted by atomic mass is 9.96. The summed E-state index contributed by atoms with van der Waals surface area (Å²) >= 11 is 0. The summed E-state index contributed by atoms with van der Waals surface area (Å²) in [5, 5.41) is 5.71. The minimum absolute atomic E-state index is 0.107. The van der Waals surface area contributed by atoms with Gasteiger partial charge in [0.1, 0.15) is 0 Å². The van der Waals surface area contributed by atoms with Gasteiger partial charge in [-0.3, -0.25) is 4.98 Å². The zero-order chi connectivity index (χ0) is 15.8. The van der Waals surface area contributed by atoms with Gasteiger partial charge in [0.2, 0.25) is 0 Å². The summed E-state index contributed by atoms with van der Waals surface area (Å²) < 4.78 is 4.90. The predicted octanol–water partition coefficient (Wildman–Crippen LogP) is 1.55. The number of carbonyl (C=O) groups excluding carboxylic acids is 1. The van der Waals surface area contributed by atoms with E-state index in [-0.39, 0.29) is 6.03 Å². The van der Waals surface area contributed by atoms with Crippen molar-refractivity contribution >= 4 is 11.7 Å². The number of methoxy groups -OCH3 is 1. The Bertz CT molecular complexity index is 473. The van der Waals surface area contributed by atoms with Crippen LogP contribution < -0.4 is 15.5 Å². The lowest BCUT2D eigenvalue weighted by molar-refractivity contribution is 0.195. The molecule has 6 nitrogen and oxygen atoms in total. The fourth-order valence-electron chi connectivity index (χ4n) is 2.69. The van der Waals surface area contributed by atoms with Crippen molar-refractivity contribution in [1.29, 1.82) is 0 Å². The largest absolute Gasteiger partial charge is 0.383 e. The number of urea groups is 1. The second-order valence-corrected chi connectivity index (χ2v) is 5.72. The number of amides is 2. The number of aromatic nitrogens is 1. The predicted molar refractivity (Wildman–Crippen MR) is 87.2 cm³/mol. The molecule has 1 fully saturated rings. The number of piperidine rings is 1. The standard InChI is InChI=1S/C16H26N4O2/c1-13-11-15(3-6-17-13)20-8-4-14(5-9-20)12-19-16(21)18-7-10-22-2/h3,6,11,14H,4-5,7-10,12H2,1-2H3,(H2,18,19,21). The first-order valence-corrected chi connectivity index (χ1v) is 7.87. The summed E-state index contributed by atoms with van der Waals surface area (Å²) in [6.45, 7) is 5.89. The lowest BCUT2D eigenvalue weighted by Gasteiger charge is -2.33. The molecule has 1 aromatic rings. The molecular formula is C16H26N4O2. The molecule has 2 heterocycles. The van der Waals surface area contributed by atoms with Crippen molar-refractivity contribution < 1.29 is 9.53 Å². The van der Waals surface area contributed by atoms with Gasteiger partial charge >= 0.3 is 6.03 Å². The van der Waals surface area contributed by atoms with Gasteiger partial charge in [-0.15, -0.1) is 0 Å². The van der Waals surface area contributed by atoms with Gasteiger partial charge in [0.25, 0.3) is 0 Å². The summed E-state index contributed by atoms with van der Waals surface area (Å²) in [5.74, 6) is 0.548. The molecule has 22 heavy (non-hydrogen) atoms. The molecule has 0 atom stereocenters. The fourth-order valence-corrected chi connectivity index (χ4v) is 2.69. The molecule has 1 aromatic heterocycles. The van der Waals surface area contributed by atoms with Gasteiger partial charge in [-0.05, 0) is 37.8 Å². The van der Waals surface area contributed by atoms with Crippen molar-refractivity contribution in [3.63, 3.8) is 0 Å². The minimum Gasteiger partial charge on any atom is -0.383 e. The number of anilines is 1. The molecule has 2 amide bonds. The number of aryl methyl sites for hydroxylation is 1. The third-order valence-corrected chi connectivity index (χ3v) is 4.00. The van der Waals surface area contributed by atoms with E-state index in [1.165, 1.54) is 5.69 Å². The smallest absolute Gasteiger partial charge is 0.314 e. The lowest BCUT2D eigenvalue weighted by Crippen LogP contribution is -2.42. The van der Waals surface area contributed by atoms with Crippen LogP contribution in [0.5, 0.6) is 0 Å². The number of ether oxygens (including phenoxy) is 1. The minimum atomic E-state index is -0.107. The Kier molecular flexibility index (Phi) is 6.45. The molecule has 0 aromatic carbocycles. The molecule has 0 bridgehead atoms. The molecule has 6 heteroatoms. The Labute approximate surface area is 132 Å². The second-order valence-electron chi connectivity index (χ2n) is 5.72. The highest BCUT2D eigenvalue weighted by molar-refractivity contribution is 5.73. The van der Waals surface area contributed by atoms with E-state index >= 15 is 0 Å². The molecule has 122 valence electrons. The van der Waals surface area contributed by atoms with E-state index in [2.05, 4.69) is 32.7 Å². The monoisotopic (exact) mass is 306 g/mol.